The zero-order valence-electron chi connectivity index (χ0n) is 33.4. The Hall–Kier alpha value is -6.21. The van der Waals surface area contributed by atoms with Crippen LogP contribution in [0.5, 0.6) is 0 Å². The van der Waals surface area contributed by atoms with Gasteiger partial charge < -0.3 is 4.90 Å². The number of rotatable bonds is 5. The van der Waals surface area contributed by atoms with Crippen molar-refractivity contribution in [1.29, 1.82) is 0 Å². The maximum atomic E-state index is 5.58. The summed E-state index contributed by atoms with van der Waals surface area (Å²) in [5, 5.41) is 12.8. The first kappa shape index (κ1) is 35.0. The summed E-state index contributed by atoms with van der Waals surface area (Å²) >= 11 is 0. The van der Waals surface area contributed by atoms with Crippen LogP contribution in [-0.2, 0) is 0 Å². The van der Waals surface area contributed by atoms with Gasteiger partial charge in [-0.05, 0) is 125 Å². The molecule has 0 fully saturated rings. The highest BCUT2D eigenvalue weighted by Crippen LogP contribution is 2.37. The monoisotopic (exact) mass is 799 g/mol. The van der Waals surface area contributed by atoms with Crippen LogP contribution in [-0.4, -0.2) is 25.2 Å². The van der Waals surface area contributed by atoms with Crippen LogP contribution in [0.25, 0.3) is 54.6 Å². The van der Waals surface area contributed by atoms with Crippen molar-refractivity contribution in [3.8, 4) is 22.3 Å². The van der Waals surface area contributed by atoms with Gasteiger partial charge in [0.2, 0.25) is 0 Å². The lowest BCUT2D eigenvalue weighted by atomic mass is 9.91. The molecule has 0 saturated heterocycles. The summed E-state index contributed by atoms with van der Waals surface area (Å²) in [6, 6.07) is 50.3. The molecule has 0 aliphatic carbocycles. The second-order valence-corrected chi connectivity index (χ2v) is 27.4. The van der Waals surface area contributed by atoms with Gasteiger partial charge in [0.1, 0.15) is 0 Å². The SMILES string of the molecule is C[Si]1(C)N=c2cccc(N(c3ccc(-c4ccc5ccccc5c4)c4c3=N[Si](C)(C)N=4)c3ccc(-c4c5ccccc5cc5ccccc45)c4c3=N[Si](C)(C)N=4)c2=N1. The number of hydrogen-bond acceptors (Lipinski definition) is 7. The van der Waals surface area contributed by atoms with Crippen molar-refractivity contribution >= 4 is 74.6 Å². The van der Waals surface area contributed by atoms with Crippen molar-refractivity contribution in [2.45, 2.75) is 39.3 Å². The minimum Gasteiger partial charge on any atom is -0.304 e. The fourth-order valence-electron chi connectivity index (χ4n) is 9.07. The second kappa shape index (κ2) is 12.4. The molecule has 0 bridgehead atoms. The summed E-state index contributed by atoms with van der Waals surface area (Å²) in [5.41, 5.74) is 7.41. The number of nitrogens with zero attached hydrogens (tertiary/aromatic N) is 7. The zero-order chi connectivity index (χ0) is 39.6. The van der Waals surface area contributed by atoms with Crippen LogP contribution >= 0.6 is 0 Å². The van der Waals surface area contributed by atoms with E-state index in [4.69, 9.17) is 27.9 Å². The number of anilines is 3. The molecular formula is C48H41N7Si3. The van der Waals surface area contributed by atoms with Crippen LogP contribution in [0.3, 0.4) is 0 Å². The quantitative estimate of drug-likeness (QED) is 0.127. The van der Waals surface area contributed by atoms with E-state index in [9.17, 15) is 0 Å². The molecule has 3 aliphatic heterocycles. The topological polar surface area (TPSA) is 77.4 Å². The van der Waals surface area contributed by atoms with E-state index in [1.165, 1.54) is 37.9 Å². The molecular weight excluding hydrogens is 759 g/mol. The highest BCUT2D eigenvalue weighted by atomic mass is 28.4. The van der Waals surface area contributed by atoms with Gasteiger partial charge >= 0.3 is 0 Å². The van der Waals surface area contributed by atoms with E-state index in [0.717, 1.165) is 65.9 Å². The first-order valence-corrected chi connectivity index (χ1v) is 28.7. The minimum absolute atomic E-state index is 0.911. The first-order valence-electron chi connectivity index (χ1n) is 20.0. The van der Waals surface area contributed by atoms with Crippen molar-refractivity contribution in [3.05, 3.63) is 172 Å². The smallest absolute Gasteiger partial charge is 0.298 e. The van der Waals surface area contributed by atoms with Gasteiger partial charge in [0, 0.05) is 11.1 Å². The lowest BCUT2D eigenvalue weighted by Gasteiger charge is -2.26. The molecule has 8 aromatic rings. The average Bonchev–Trinajstić information content (AvgIpc) is 3.84. The Balaban J connectivity index is 1.23. The van der Waals surface area contributed by atoms with Gasteiger partial charge in [0.25, 0.3) is 25.2 Å². The third-order valence-electron chi connectivity index (χ3n) is 11.4. The number of hydrogen-bond donors (Lipinski definition) is 0. The van der Waals surface area contributed by atoms with Gasteiger partial charge in [-0.3, -0.25) is 27.9 Å². The van der Waals surface area contributed by atoms with E-state index in [0.29, 0.717) is 0 Å². The molecule has 0 N–H and O–H groups in total. The van der Waals surface area contributed by atoms with Gasteiger partial charge in [-0.2, -0.15) is 0 Å². The average molecular weight is 800 g/mol. The number of benzene rings is 8. The molecule has 0 spiro atoms. The first-order chi connectivity index (χ1) is 27.9. The van der Waals surface area contributed by atoms with Gasteiger partial charge in [0.05, 0.1) is 49.2 Å². The maximum absolute atomic E-state index is 5.58. The lowest BCUT2D eigenvalue weighted by Crippen LogP contribution is -2.38. The van der Waals surface area contributed by atoms with Gasteiger partial charge in [-0.25, -0.2) is 0 Å². The molecule has 58 heavy (non-hydrogen) atoms. The third kappa shape index (κ3) is 5.58. The summed E-state index contributed by atoms with van der Waals surface area (Å²) < 4.78 is 32.6. The largest absolute Gasteiger partial charge is 0.304 e. The Labute approximate surface area is 339 Å². The van der Waals surface area contributed by atoms with Gasteiger partial charge in [-0.15, -0.1) is 0 Å². The van der Waals surface area contributed by atoms with E-state index in [-0.39, 0.29) is 0 Å². The predicted molar refractivity (Wildman–Crippen MR) is 244 cm³/mol. The Bertz CT molecular complexity index is 3470. The summed E-state index contributed by atoms with van der Waals surface area (Å²) in [5.74, 6) is 0. The van der Waals surface area contributed by atoms with Crippen molar-refractivity contribution in [3.63, 3.8) is 0 Å². The van der Waals surface area contributed by atoms with Crippen LogP contribution in [0.1, 0.15) is 0 Å². The van der Waals surface area contributed by atoms with Gasteiger partial charge in [-0.1, -0.05) is 97.1 Å². The summed E-state index contributed by atoms with van der Waals surface area (Å²) in [4.78, 5) is 2.35. The fourth-order valence-corrected chi connectivity index (χ4v) is 13.9. The van der Waals surface area contributed by atoms with Crippen molar-refractivity contribution in [2.24, 2.45) is 27.9 Å². The molecule has 11 rings (SSSR count). The van der Waals surface area contributed by atoms with Crippen molar-refractivity contribution in [2.75, 3.05) is 4.90 Å². The lowest BCUT2D eigenvalue weighted by molar-refractivity contribution is 1.17. The Morgan fingerprint density at radius 1 is 0.362 bits per heavy atom. The molecule has 0 atom stereocenters. The zero-order valence-corrected chi connectivity index (χ0v) is 36.4. The third-order valence-corrected chi connectivity index (χ3v) is 16.0. The van der Waals surface area contributed by atoms with E-state index in [1.54, 1.807) is 0 Å². The van der Waals surface area contributed by atoms with E-state index < -0.39 is 25.2 Å². The van der Waals surface area contributed by atoms with Crippen LogP contribution in [0.15, 0.2) is 167 Å². The summed E-state index contributed by atoms with van der Waals surface area (Å²) in [6.07, 6.45) is 0. The molecule has 10 heteroatoms. The maximum Gasteiger partial charge on any atom is 0.298 e. The Kier molecular flexibility index (Phi) is 7.48. The molecule has 280 valence electrons. The fraction of sp³-hybridized carbons (Fsp3) is 0.125. The Morgan fingerprint density at radius 2 is 0.862 bits per heavy atom. The molecule has 0 unspecified atom stereocenters. The van der Waals surface area contributed by atoms with Crippen LogP contribution < -0.4 is 37.0 Å². The highest BCUT2D eigenvalue weighted by Gasteiger charge is 2.33. The van der Waals surface area contributed by atoms with Crippen molar-refractivity contribution < 1.29 is 0 Å². The predicted octanol–water partition coefficient (Wildman–Crippen LogP) is 8.81. The van der Waals surface area contributed by atoms with Crippen molar-refractivity contribution in [1.82, 2.24) is 0 Å². The summed E-state index contributed by atoms with van der Waals surface area (Å²) in [7, 11) is -7.05. The highest BCUT2D eigenvalue weighted by molar-refractivity contribution is 6.75. The van der Waals surface area contributed by atoms with Crippen LogP contribution in [0.2, 0.25) is 39.3 Å². The molecule has 3 heterocycles. The standard InChI is InChI=1S/C48H41N7Si3/c1-56(2)49-39-20-13-21-40(46(39)52-56)55(41-26-24-37(44-47(41)53-57(3,4)50-44)34-23-22-30-14-7-8-15-31(30)28-34)42-27-25-38(45-48(42)54-58(5,6)51-45)43-35-18-11-9-16-32(35)29-33-17-10-12-19-36(33)43/h7-29H,1-6H3. The normalized spacial score (nSPS) is 16.3. The van der Waals surface area contributed by atoms with Gasteiger partial charge in [0.15, 0.2) is 0 Å². The van der Waals surface area contributed by atoms with Crippen LogP contribution in [0, 0.1) is 0 Å². The molecule has 0 amide bonds. The molecule has 8 aromatic carbocycles. The van der Waals surface area contributed by atoms with E-state index in [1.807, 2.05) is 0 Å². The molecule has 0 saturated carbocycles. The van der Waals surface area contributed by atoms with Crippen LogP contribution in [0.4, 0.5) is 17.1 Å². The second-order valence-electron chi connectivity index (χ2n) is 17.0. The number of fused-ring (bicyclic) bond motifs is 6. The Morgan fingerprint density at radius 3 is 1.52 bits per heavy atom. The molecule has 0 radical (unpaired) electrons. The molecule has 7 nitrogen and oxygen atoms in total. The summed E-state index contributed by atoms with van der Waals surface area (Å²) in [6.45, 7) is 13.3. The van der Waals surface area contributed by atoms with E-state index >= 15 is 0 Å². The molecule has 3 aliphatic rings. The molecule has 0 aromatic heterocycles. The minimum atomic E-state index is -2.43. The van der Waals surface area contributed by atoms with E-state index in [2.05, 4.69) is 184 Å².